The minimum Gasteiger partial charge on any atom is -0.454 e. The number of hydrogen-bond acceptors (Lipinski definition) is 5. The average molecular weight is 294 g/mol. The summed E-state index contributed by atoms with van der Waals surface area (Å²) < 4.78 is 10.5. The highest BCUT2D eigenvalue weighted by Gasteiger charge is 2.14. The minimum absolute atomic E-state index is 0.0644. The van der Waals surface area contributed by atoms with Gasteiger partial charge in [0, 0.05) is 19.5 Å². The molecule has 0 aliphatic carbocycles. The molecule has 21 heavy (non-hydrogen) atoms. The summed E-state index contributed by atoms with van der Waals surface area (Å²) in [6, 6.07) is 5.69. The van der Waals surface area contributed by atoms with Crippen molar-refractivity contribution in [1.82, 2.24) is 10.2 Å². The van der Waals surface area contributed by atoms with Gasteiger partial charge in [0.15, 0.2) is 11.5 Å². The second-order valence-electron chi connectivity index (χ2n) is 5.41. The number of aliphatic hydroxyl groups is 1. The third-order valence-electron chi connectivity index (χ3n) is 3.19. The summed E-state index contributed by atoms with van der Waals surface area (Å²) in [7, 11) is 3.76. The molecule has 1 aromatic rings. The van der Waals surface area contributed by atoms with Crippen molar-refractivity contribution >= 4 is 5.91 Å². The SMILES string of the molecule is CN(C)CC(O)CNC(=O)CCc1ccc2c(c1)OCO2. The van der Waals surface area contributed by atoms with Gasteiger partial charge >= 0.3 is 0 Å². The van der Waals surface area contributed by atoms with Crippen LogP contribution in [0.3, 0.4) is 0 Å². The fourth-order valence-electron chi connectivity index (χ4n) is 2.16. The first-order chi connectivity index (χ1) is 10.0. The Morgan fingerprint density at radius 3 is 2.90 bits per heavy atom. The van der Waals surface area contributed by atoms with Crippen molar-refractivity contribution in [3.05, 3.63) is 23.8 Å². The third-order valence-corrected chi connectivity index (χ3v) is 3.19. The number of carbonyl (C=O) groups excluding carboxylic acids is 1. The molecule has 2 rings (SSSR count). The van der Waals surface area contributed by atoms with Crippen molar-refractivity contribution in [2.45, 2.75) is 18.9 Å². The van der Waals surface area contributed by atoms with E-state index in [1.165, 1.54) is 0 Å². The van der Waals surface area contributed by atoms with Gasteiger partial charge in [-0.25, -0.2) is 0 Å². The molecule has 1 atom stereocenters. The molecule has 0 fully saturated rings. The van der Waals surface area contributed by atoms with Crippen molar-refractivity contribution in [2.75, 3.05) is 34.0 Å². The molecule has 0 saturated carbocycles. The molecule has 1 heterocycles. The largest absolute Gasteiger partial charge is 0.454 e. The number of aliphatic hydroxyl groups excluding tert-OH is 1. The molecule has 1 amide bonds. The Kier molecular flexibility index (Phi) is 5.41. The summed E-state index contributed by atoms with van der Waals surface area (Å²) in [5.74, 6) is 1.41. The minimum atomic E-state index is -0.547. The zero-order valence-corrected chi connectivity index (χ0v) is 12.5. The van der Waals surface area contributed by atoms with Crippen LogP contribution in [0.4, 0.5) is 0 Å². The first-order valence-corrected chi connectivity index (χ1v) is 7.02. The van der Waals surface area contributed by atoms with Gasteiger partial charge in [0.25, 0.3) is 0 Å². The van der Waals surface area contributed by atoms with Gasteiger partial charge in [-0.3, -0.25) is 4.79 Å². The monoisotopic (exact) mass is 294 g/mol. The molecule has 1 aliphatic rings. The van der Waals surface area contributed by atoms with Crippen molar-refractivity contribution in [3.8, 4) is 11.5 Å². The topological polar surface area (TPSA) is 71.0 Å². The fraction of sp³-hybridized carbons (Fsp3) is 0.533. The van der Waals surface area contributed by atoms with E-state index >= 15 is 0 Å². The van der Waals surface area contributed by atoms with Crippen LogP contribution in [-0.2, 0) is 11.2 Å². The number of rotatable bonds is 7. The van der Waals surface area contributed by atoms with E-state index < -0.39 is 6.10 Å². The van der Waals surface area contributed by atoms with E-state index in [0.717, 1.165) is 17.1 Å². The Hall–Kier alpha value is -1.79. The van der Waals surface area contributed by atoms with E-state index in [2.05, 4.69) is 5.32 Å². The summed E-state index contributed by atoms with van der Waals surface area (Å²) in [4.78, 5) is 13.6. The van der Waals surface area contributed by atoms with E-state index in [0.29, 0.717) is 19.4 Å². The molecule has 1 aliphatic heterocycles. The smallest absolute Gasteiger partial charge is 0.231 e. The average Bonchev–Trinajstić information content (AvgIpc) is 2.89. The number of amides is 1. The maximum atomic E-state index is 11.7. The number of carbonyl (C=O) groups is 1. The van der Waals surface area contributed by atoms with Crippen LogP contribution in [0.1, 0.15) is 12.0 Å². The number of likely N-dealkylation sites (N-methyl/N-ethyl adjacent to an activating group) is 1. The maximum absolute atomic E-state index is 11.7. The summed E-state index contributed by atoms with van der Waals surface area (Å²) in [6.07, 6.45) is 0.468. The summed E-state index contributed by atoms with van der Waals surface area (Å²) in [5.41, 5.74) is 1.03. The molecule has 116 valence electrons. The van der Waals surface area contributed by atoms with Crippen LogP contribution in [-0.4, -0.2) is 56.0 Å². The normalized spacial score (nSPS) is 14.3. The molecule has 0 radical (unpaired) electrons. The van der Waals surface area contributed by atoms with E-state index in [1.807, 2.05) is 37.2 Å². The van der Waals surface area contributed by atoms with Gasteiger partial charge in [-0.1, -0.05) is 6.07 Å². The lowest BCUT2D eigenvalue weighted by molar-refractivity contribution is -0.121. The van der Waals surface area contributed by atoms with E-state index in [1.54, 1.807) is 0 Å². The number of hydrogen-bond donors (Lipinski definition) is 2. The summed E-state index contributed by atoms with van der Waals surface area (Å²) >= 11 is 0. The molecule has 0 spiro atoms. The van der Waals surface area contributed by atoms with Gasteiger partial charge in [0.1, 0.15) is 0 Å². The molecule has 2 N–H and O–H groups in total. The van der Waals surface area contributed by atoms with Crippen molar-refractivity contribution < 1.29 is 19.4 Å². The predicted molar refractivity (Wildman–Crippen MR) is 78.5 cm³/mol. The molecular weight excluding hydrogens is 272 g/mol. The fourth-order valence-corrected chi connectivity index (χ4v) is 2.16. The molecular formula is C15H22N2O4. The van der Waals surface area contributed by atoms with Gasteiger partial charge < -0.3 is 24.8 Å². The van der Waals surface area contributed by atoms with Gasteiger partial charge in [-0.15, -0.1) is 0 Å². The lowest BCUT2D eigenvalue weighted by Gasteiger charge is -2.16. The number of ether oxygens (including phenoxy) is 2. The number of nitrogens with zero attached hydrogens (tertiary/aromatic N) is 1. The third kappa shape index (κ3) is 4.91. The highest BCUT2D eigenvalue weighted by Crippen LogP contribution is 2.32. The van der Waals surface area contributed by atoms with E-state index in [4.69, 9.17) is 9.47 Å². The lowest BCUT2D eigenvalue weighted by atomic mass is 10.1. The molecule has 0 aromatic heterocycles. The molecule has 0 bridgehead atoms. The standard InChI is InChI=1S/C15H22N2O4/c1-17(2)9-12(18)8-16-15(19)6-4-11-3-5-13-14(7-11)21-10-20-13/h3,5,7,12,18H,4,6,8-10H2,1-2H3,(H,16,19). The van der Waals surface area contributed by atoms with Crippen LogP contribution in [0, 0.1) is 0 Å². The number of aryl methyl sites for hydroxylation is 1. The van der Waals surface area contributed by atoms with Gasteiger partial charge in [-0.2, -0.15) is 0 Å². The number of fused-ring (bicyclic) bond motifs is 1. The first kappa shape index (κ1) is 15.6. The quantitative estimate of drug-likeness (QED) is 0.761. The van der Waals surface area contributed by atoms with E-state index in [9.17, 15) is 9.90 Å². The lowest BCUT2D eigenvalue weighted by Crippen LogP contribution is -2.37. The first-order valence-electron chi connectivity index (χ1n) is 7.02. The predicted octanol–water partition coefficient (Wildman–Crippen LogP) is 0.387. The Balaban J connectivity index is 1.71. The van der Waals surface area contributed by atoms with Crippen molar-refractivity contribution in [1.29, 1.82) is 0 Å². The highest BCUT2D eigenvalue weighted by atomic mass is 16.7. The summed E-state index contributed by atoms with van der Waals surface area (Å²) in [6.45, 7) is 1.06. The van der Waals surface area contributed by atoms with Crippen LogP contribution in [0.15, 0.2) is 18.2 Å². The van der Waals surface area contributed by atoms with Gasteiger partial charge in [-0.05, 0) is 38.2 Å². The van der Waals surface area contributed by atoms with Crippen LogP contribution in [0.2, 0.25) is 0 Å². The molecule has 1 aromatic carbocycles. The second-order valence-corrected chi connectivity index (χ2v) is 5.41. The maximum Gasteiger partial charge on any atom is 0.231 e. The highest BCUT2D eigenvalue weighted by molar-refractivity contribution is 5.76. The van der Waals surface area contributed by atoms with Crippen molar-refractivity contribution in [3.63, 3.8) is 0 Å². The second kappa shape index (κ2) is 7.28. The Morgan fingerprint density at radius 2 is 2.14 bits per heavy atom. The van der Waals surface area contributed by atoms with Crippen LogP contribution in [0.25, 0.3) is 0 Å². The Bertz CT molecular complexity index is 491. The van der Waals surface area contributed by atoms with Gasteiger partial charge in [0.2, 0.25) is 12.7 Å². The van der Waals surface area contributed by atoms with Crippen LogP contribution >= 0.6 is 0 Å². The molecule has 6 heteroatoms. The van der Waals surface area contributed by atoms with Crippen LogP contribution < -0.4 is 14.8 Å². The van der Waals surface area contributed by atoms with E-state index in [-0.39, 0.29) is 19.2 Å². The van der Waals surface area contributed by atoms with Crippen molar-refractivity contribution in [2.24, 2.45) is 0 Å². The molecule has 0 saturated heterocycles. The molecule has 6 nitrogen and oxygen atoms in total. The summed E-state index contributed by atoms with van der Waals surface area (Å²) in [5, 5.41) is 12.4. The number of benzene rings is 1. The Morgan fingerprint density at radius 1 is 1.38 bits per heavy atom. The van der Waals surface area contributed by atoms with Crippen LogP contribution in [0.5, 0.6) is 11.5 Å². The molecule has 1 unspecified atom stereocenters. The zero-order chi connectivity index (χ0) is 15.2. The Labute approximate surface area is 124 Å². The van der Waals surface area contributed by atoms with Gasteiger partial charge in [0.05, 0.1) is 6.10 Å². The zero-order valence-electron chi connectivity index (χ0n) is 12.5. The number of nitrogens with one attached hydrogen (secondary N) is 1.